The smallest absolute Gasteiger partial charge is 0.216 e. The molecule has 0 spiro atoms. The molecule has 0 bridgehead atoms. The Balaban J connectivity index is 0. The SMILES string of the molecule is CCNC.CCNC(C)=O. The lowest BCUT2D eigenvalue weighted by Gasteiger charge is -1.88. The Morgan fingerprint density at radius 1 is 1.30 bits per heavy atom. The molecule has 3 nitrogen and oxygen atoms in total. The molecule has 3 heteroatoms. The number of amides is 1. The quantitative estimate of drug-likeness (QED) is 0.591. The molecule has 10 heavy (non-hydrogen) atoms. The number of hydrogen-bond donors (Lipinski definition) is 2. The first-order valence-corrected chi connectivity index (χ1v) is 3.58. The molecule has 0 radical (unpaired) electrons. The summed E-state index contributed by atoms with van der Waals surface area (Å²) in [6, 6.07) is 0. The lowest BCUT2D eigenvalue weighted by molar-refractivity contribution is -0.118. The van der Waals surface area contributed by atoms with Crippen LogP contribution in [-0.2, 0) is 4.79 Å². The van der Waals surface area contributed by atoms with E-state index in [9.17, 15) is 4.79 Å². The second-order valence-corrected chi connectivity index (χ2v) is 1.79. The fourth-order valence-electron chi connectivity index (χ4n) is 0.249. The van der Waals surface area contributed by atoms with Gasteiger partial charge in [0.15, 0.2) is 0 Å². The minimum absolute atomic E-state index is 0.0394. The summed E-state index contributed by atoms with van der Waals surface area (Å²) in [5, 5.41) is 5.50. The lowest BCUT2D eigenvalue weighted by atomic mass is 10.6. The average molecular weight is 146 g/mol. The highest BCUT2D eigenvalue weighted by Crippen LogP contribution is 1.54. The molecule has 0 aliphatic carbocycles. The Kier molecular flexibility index (Phi) is 13.7. The van der Waals surface area contributed by atoms with Gasteiger partial charge in [0.25, 0.3) is 0 Å². The van der Waals surface area contributed by atoms with E-state index >= 15 is 0 Å². The molecule has 0 rings (SSSR count). The monoisotopic (exact) mass is 146 g/mol. The second kappa shape index (κ2) is 11.3. The summed E-state index contributed by atoms with van der Waals surface area (Å²) in [6.07, 6.45) is 0. The van der Waals surface area contributed by atoms with Crippen molar-refractivity contribution in [2.24, 2.45) is 0 Å². The summed E-state index contributed by atoms with van der Waals surface area (Å²) in [5.41, 5.74) is 0. The molecule has 0 atom stereocenters. The first-order chi connectivity index (χ1) is 4.68. The van der Waals surface area contributed by atoms with Crippen LogP contribution in [0.2, 0.25) is 0 Å². The van der Waals surface area contributed by atoms with Gasteiger partial charge in [-0.1, -0.05) is 6.92 Å². The van der Waals surface area contributed by atoms with Crippen LogP contribution in [0, 0.1) is 0 Å². The number of nitrogens with one attached hydrogen (secondary N) is 2. The molecule has 0 unspecified atom stereocenters. The summed E-state index contributed by atoms with van der Waals surface area (Å²) in [5.74, 6) is 0.0394. The van der Waals surface area contributed by atoms with Gasteiger partial charge in [0.05, 0.1) is 0 Å². The van der Waals surface area contributed by atoms with E-state index in [1.807, 2.05) is 14.0 Å². The molecule has 0 aliphatic rings. The van der Waals surface area contributed by atoms with Gasteiger partial charge in [0, 0.05) is 13.5 Å². The molecule has 1 amide bonds. The molecular weight excluding hydrogens is 128 g/mol. The Hall–Kier alpha value is -0.570. The van der Waals surface area contributed by atoms with Crippen LogP contribution in [0.3, 0.4) is 0 Å². The molecule has 2 N–H and O–H groups in total. The molecule has 0 aliphatic heterocycles. The summed E-state index contributed by atoms with van der Waals surface area (Å²) in [6.45, 7) is 7.26. The van der Waals surface area contributed by atoms with Crippen molar-refractivity contribution in [3.63, 3.8) is 0 Å². The standard InChI is InChI=1S/C4H9NO.C3H9N/c1-3-5-4(2)6;1-3-4-2/h3H2,1-2H3,(H,5,6);4H,3H2,1-2H3. The minimum Gasteiger partial charge on any atom is -0.357 e. The topological polar surface area (TPSA) is 41.1 Å². The molecule has 0 aromatic heterocycles. The molecular formula is C7H18N2O. The maximum absolute atomic E-state index is 9.93. The average Bonchev–Trinajstić information content (AvgIpc) is 1.89. The van der Waals surface area contributed by atoms with E-state index in [1.54, 1.807) is 0 Å². The normalized spacial score (nSPS) is 7.60. The summed E-state index contributed by atoms with van der Waals surface area (Å²) in [4.78, 5) is 9.93. The third-order valence-electron chi connectivity index (χ3n) is 0.779. The predicted molar refractivity (Wildman–Crippen MR) is 44.0 cm³/mol. The minimum atomic E-state index is 0.0394. The van der Waals surface area contributed by atoms with Crippen LogP contribution in [0.25, 0.3) is 0 Å². The number of carbonyl (C=O) groups excluding carboxylic acids is 1. The van der Waals surface area contributed by atoms with E-state index in [1.165, 1.54) is 6.92 Å². The Bertz CT molecular complexity index is 72.0. The van der Waals surface area contributed by atoms with E-state index < -0.39 is 0 Å². The van der Waals surface area contributed by atoms with E-state index in [2.05, 4.69) is 17.6 Å². The van der Waals surface area contributed by atoms with Crippen LogP contribution in [0.5, 0.6) is 0 Å². The first kappa shape index (κ1) is 12.1. The zero-order chi connectivity index (χ0) is 8.41. The van der Waals surface area contributed by atoms with Crippen LogP contribution >= 0.6 is 0 Å². The van der Waals surface area contributed by atoms with Crippen molar-refractivity contribution in [2.45, 2.75) is 20.8 Å². The van der Waals surface area contributed by atoms with Gasteiger partial charge in [-0.25, -0.2) is 0 Å². The van der Waals surface area contributed by atoms with E-state index in [0.717, 1.165) is 13.1 Å². The van der Waals surface area contributed by atoms with Crippen molar-refractivity contribution in [2.75, 3.05) is 20.1 Å². The van der Waals surface area contributed by atoms with Crippen molar-refractivity contribution in [1.82, 2.24) is 10.6 Å². The van der Waals surface area contributed by atoms with Gasteiger partial charge in [-0.2, -0.15) is 0 Å². The van der Waals surface area contributed by atoms with Crippen molar-refractivity contribution in [3.8, 4) is 0 Å². The zero-order valence-corrected chi connectivity index (χ0v) is 7.32. The highest BCUT2D eigenvalue weighted by Gasteiger charge is 1.78. The van der Waals surface area contributed by atoms with Crippen LogP contribution in [0.15, 0.2) is 0 Å². The molecule has 62 valence electrons. The van der Waals surface area contributed by atoms with Crippen LogP contribution < -0.4 is 10.6 Å². The summed E-state index contributed by atoms with van der Waals surface area (Å²) < 4.78 is 0. The maximum Gasteiger partial charge on any atom is 0.216 e. The van der Waals surface area contributed by atoms with Gasteiger partial charge < -0.3 is 10.6 Å². The van der Waals surface area contributed by atoms with Crippen molar-refractivity contribution >= 4 is 5.91 Å². The highest BCUT2D eigenvalue weighted by molar-refractivity contribution is 5.72. The first-order valence-electron chi connectivity index (χ1n) is 3.58. The molecule has 0 aromatic rings. The molecule has 0 heterocycles. The van der Waals surface area contributed by atoms with E-state index in [-0.39, 0.29) is 5.91 Å². The largest absolute Gasteiger partial charge is 0.357 e. The third-order valence-corrected chi connectivity index (χ3v) is 0.779. The van der Waals surface area contributed by atoms with Gasteiger partial charge >= 0.3 is 0 Å². The predicted octanol–water partition coefficient (Wildman–Crippen LogP) is 0.368. The molecule has 0 aromatic carbocycles. The van der Waals surface area contributed by atoms with E-state index in [0.29, 0.717) is 0 Å². The van der Waals surface area contributed by atoms with E-state index in [4.69, 9.17) is 0 Å². The Morgan fingerprint density at radius 2 is 1.70 bits per heavy atom. The van der Waals surface area contributed by atoms with Crippen LogP contribution in [0.1, 0.15) is 20.8 Å². The number of rotatable bonds is 2. The summed E-state index contributed by atoms with van der Waals surface area (Å²) in [7, 11) is 1.93. The second-order valence-electron chi connectivity index (χ2n) is 1.79. The molecule has 0 saturated carbocycles. The fraction of sp³-hybridized carbons (Fsp3) is 0.857. The van der Waals surface area contributed by atoms with Gasteiger partial charge in [-0.15, -0.1) is 0 Å². The van der Waals surface area contributed by atoms with Crippen molar-refractivity contribution < 1.29 is 4.79 Å². The Labute approximate surface area is 63.2 Å². The van der Waals surface area contributed by atoms with Gasteiger partial charge in [0.2, 0.25) is 5.91 Å². The number of hydrogen-bond acceptors (Lipinski definition) is 2. The maximum atomic E-state index is 9.93. The number of carbonyl (C=O) groups is 1. The molecule has 0 fully saturated rings. The van der Waals surface area contributed by atoms with Gasteiger partial charge in [-0.3, -0.25) is 4.79 Å². The highest BCUT2D eigenvalue weighted by atomic mass is 16.1. The Morgan fingerprint density at radius 3 is 1.70 bits per heavy atom. The summed E-state index contributed by atoms with van der Waals surface area (Å²) >= 11 is 0. The van der Waals surface area contributed by atoms with Crippen molar-refractivity contribution in [3.05, 3.63) is 0 Å². The van der Waals surface area contributed by atoms with Gasteiger partial charge in [-0.05, 0) is 20.5 Å². The van der Waals surface area contributed by atoms with Crippen LogP contribution in [-0.4, -0.2) is 26.0 Å². The zero-order valence-electron chi connectivity index (χ0n) is 7.32. The van der Waals surface area contributed by atoms with Crippen molar-refractivity contribution in [1.29, 1.82) is 0 Å². The third kappa shape index (κ3) is 26.1. The molecule has 0 saturated heterocycles. The fourth-order valence-corrected chi connectivity index (χ4v) is 0.249. The van der Waals surface area contributed by atoms with Crippen LogP contribution in [0.4, 0.5) is 0 Å². The van der Waals surface area contributed by atoms with Gasteiger partial charge in [0.1, 0.15) is 0 Å². The lowest BCUT2D eigenvalue weighted by Crippen LogP contribution is -2.18.